The SMILES string of the molecule is CCOc1ccc(S(=O)(=O)O)cc1NC(=O)C(=O)Nc1ccc(Nc2nc(Cl)nc(Nc3ccc(CCCOS(=O)(=O)O)cc3)n2)cc1. The number of halogens is 1. The van der Waals surface area contributed by atoms with Gasteiger partial charge in [-0.1, -0.05) is 12.1 Å². The number of carbonyl (C=O) groups is 2. The lowest BCUT2D eigenvalue weighted by Crippen LogP contribution is -2.29. The third kappa shape index (κ3) is 11.1. The Hall–Kier alpha value is -4.92. The van der Waals surface area contributed by atoms with E-state index in [9.17, 15) is 31.0 Å². The summed E-state index contributed by atoms with van der Waals surface area (Å²) in [5.74, 6) is -1.85. The molecule has 0 saturated carbocycles. The summed E-state index contributed by atoms with van der Waals surface area (Å²) >= 11 is 6.09. The summed E-state index contributed by atoms with van der Waals surface area (Å²) < 4.78 is 71.9. The third-order valence-electron chi connectivity index (χ3n) is 6.06. The van der Waals surface area contributed by atoms with Gasteiger partial charge in [-0.15, -0.1) is 0 Å². The number of ether oxygens (including phenoxy) is 1. The van der Waals surface area contributed by atoms with Crippen LogP contribution in [0.2, 0.25) is 5.28 Å². The van der Waals surface area contributed by atoms with Gasteiger partial charge in [0.1, 0.15) is 5.75 Å². The fourth-order valence-electron chi connectivity index (χ4n) is 3.97. The van der Waals surface area contributed by atoms with Crippen LogP contribution in [0.15, 0.2) is 71.6 Å². The lowest BCUT2D eigenvalue weighted by atomic mass is 10.1. The first-order valence-electron chi connectivity index (χ1n) is 13.8. The fourth-order valence-corrected chi connectivity index (χ4v) is 4.96. The molecule has 0 bridgehead atoms. The van der Waals surface area contributed by atoms with Crippen molar-refractivity contribution in [1.82, 2.24) is 15.0 Å². The van der Waals surface area contributed by atoms with Gasteiger partial charge in [0.05, 0.1) is 23.8 Å². The molecule has 254 valence electrons. The molecule has 0 spiro atoms. The van der Waals surface area contributed by atoms with E-state index in [4.69, 9.17) is 20.9 Å². The molecule has 17 nitrogen and oxygen atoms in total. The van der Waals surface area contributed by atoms with Gasteiger partial charge in [0.15, 0.2) is 0 Å². The van der Waals surface area contributed by atoms with Gasteiger partial charge < -0.3 is 26.0 Å². The number of amides is 2. The number of carbonyl (C=O) groups excluding carboxylic acids is 2. The first-order valence-corrected chi connectivity index (χ1v) is 17.0. The summed E-state index contributed by atoms with van der Waals surface area (Å²) in [6, 6.07) is 16.6. The van der Waals surface area contributed by atoms with Crippen molar-refractivity contribution in [2.24, 2.45) is 0 Å². The minimum atomic E-state index is -4.57. The van der Waals surface area contributed by atoms with Crippen LogP contribution in [0, 0.1) is 0 Å². The molecule has 0 unspecified atom stereocenters. The number of hydrogen-bond donors (Lipinski definition) is 6. The molecule has 0 aliphatic carbocycles. The third-order valence-corrected chi connectivity index (χ3v) is 7.55. The van der Waals surface area contributed by atoms with Gasteiger partial charge in [0.25, 0.3) is 10.1 Å². The highest BCUT2D eigenvalue weighted by molar-refractivity contribution is 7.85. The molecule has 4 aromatic rings. The number of anilines is 6. The second kappa shape index (κ2) is 15.8. The monoisotopic (exact) mass is 721 g/mol. The second-order valence-electron chi connectivity index (χ2n) is 9.60. The fraction of sp³-hybridized carbons (Fsp3) is 0.179. The average molecular weight is 722 g/mol. The Bertz CT molecular complexity index is 2000. The molecular weight excluding hydrogens is 694 g/mol. The summed E-state index contributed by atoms with van der Waals surface area (Å²) in [6.45, 7) is 1.71. The number of rotatable bonds is 14. The Morgan fingerprint density at radius 1 is 0.792 bits per heavy atom. The van der Waals surface area contributed by atoms with E-state index >= 15 is 0 Å². The molecule has 0 atom stereocenters. The molecule has 0 radical (unpaired) electrons. The Morgan fingerprint density at radius 3 is 1.92 bits per heavy atom. The highest BCUT2D eigenvalue weighted by atomic mass is 35.5. The lowest BCUT2D eigenvalue weighted by molar-refractivity contribution is -0.133. The van der Waals surface area contributed by atoms with Gasteiger partial charge in [0.2, 0.25) is 17.2 Å². The molecule has 0 saturated heterocycles. The Kier molecular flexibility index (Phi) is 11.8. The number of aryl methyl sites for hydroxylation is 1. The van der Waals surface area contributed by atoms with Crippen LogP contribution in [0.25, 0.3) is 0 Å². The maximum Gasteiger partial charge on any atom is 0.397 e. The predicted molar refractivity (Wildman–Crippen MR) is 175 cm³/mol. The maximum absolute atomic E-state index is 12.6. The quantitative estimate of drug-likeness (QED) is 0.0612. The number of benzene rings is 3. The highest BCUT2D eigenvalue weighted by Crippen LogP contribution is 2.28. The zero-order valence-electron chi connectivity index (χ0n) is 24.9. The zero-order valence-corrected chi connectivity index (χ0v) is 27.3. The molecule has 0 aliphatic heterocycles. The van der Waals surface area contributed by atoms with E-state index in [2.05, 4.69) is 40.4 Å². The van der Waals surface area contributed by atoms with E-state index in [-0.39, 0.29) is 47.5 Å². The summed E-state index contributed by atoms with van der Waals surface area (Å²) in [6.07, 6.45) is 0.889. The van der Waals surface area contributed by atoms with Crippen molar-refractivity contribution in [1.29, 1.82) is 0 Å². The van der Waals surface area contributed by atoms with Crippen molar-refractivity contribution in [3.05, 3.63) is 77.6 Å². The van der Waals surface area contributed by atoms with E-state index in [0.717, 1.165) is 17.7 Å². The first kappa shape index (κ1) is 35.9. The van der Waals surface area contributed by atoms with Crippen LogP contribution in [0.1, 0.15) is 18.9 Å². The van der Waals surface area contributed by atoms with Crippen molar-refractivity contribution in [2.75, 3.05) is 34.5 Å². The summed E-state index contributed by atoms with van der Waals surface area (Å²) in [4.78, 5) is 37.0. The normalized spacial score (nSPS) is 11.4. The van der Waals surface area contributed by atoms with E-state index in [1.165, 1.54) is 18.2 Å². The Labute approximate surface area is 279 Å². The smallest absolute Gasteiger partial charge is 0.397 e. The van der Waals surface area contributed by atoms with Gasteiger partial charge in [-0.05, 0) is 91.5 Å². The highest BCUT2D eigenvalue weighted by Gasteiger charge is 2.19. The molecule has 1 heterocycles. The van der Waals surface area contributed by atoms with Crippen LogP contribution in [0.4, 0.5) is 34.6 Å². The van der Waals surface area contributed by atoms with Crippen LogP contribution in [-0.4, -0.2) is 65.9 Å². The Balaban J connectivity index is 1.34. The standard InChI is InChI=1S/C28H28ClN7O10S2/c1-2-45-23-14-13-21(47(39,40)41)16-22(23)33-25(38)24(37)30-18-9-11-20(12-10-18)32-28-35-26(29)34-27(36-28)31-19-7-5-17(6-8-19)4-3-15-46-48(42,43)44/h5-14,16H,2-4,15H2,1H3,(H,30,37)(H,33,38)(H,39,40,41)(H,42,43,44)(H2,31,32,34,35,36). The Morgan fingerprint density at radius 2 is 1.35 bits per heavy atom. The summed E-state index contributed by atoms with van der Waals surface area (Å²) in [5, 5.41) is 10.6. The first-order chi connectivity index (χ1) is 22.7. The summed E-state index contributed by atoms with van der Waals surface area (Å²) in [7, 11) is -9.04. The molecule has 1 aromatic heterocycles. The largest absolute Gasteiger partial charge is 0.492 e. The minimum Gasteiger partial charge on any atom is -0.492 e. The molecule has 6 N–H and O–H groups in total. The van der Waals surface area contributed by atoms with E-state index < -0.39 is 37.2 Å². The molecule has 0 fully saturated rings. The minimum absolute atomic E-state index is 0.0935. The molecular formula is C28H28ClN7O10S2. The van der Waals surface area contributed by atoms with Crippen molar-refractivity contribution >= 4 is 78.6 Å². The van der Waals surface area contributed by atoms with Crippen LogP contribution in [0.3, 0.4) is 0 Å². The van der Waals surface area contributed by atoms with Gasteiger partial charge in [-0.3, -0.25) is 18.7 Å². The van der Waals surface area contributed by atoms with Crippen LogP contribution < -0.4 is 26.0 Å². The zero-order chi connectivity index (χ0) is 34.9. The van der Waals surface area contributed by atoms with Gasteiger partial charge in [-0.25, -0.2) is 4.18 Å². The molecule has 4 rings (SSSR count). The average Bonchev–Trinajstić information content (AvgIpc) is 3.01. The molecule has 2 amide bonds. The van der Waals surface area contributed by atoms with Crippen LogP contribution in [0.5, 0.6) is 5.75 Å². The molecule has 48 heavy (non-hydrogen) atoms. The van der Waals surface area contributed by atoms with Crippen molar-refractivity contribution < 1.29 is 44.5 Å². The van der Waals surface area contributed by atoms with Crippen LogP contribution in [-0.2, 0) is 40.7 Å². The van der Waals surface area contributed by atoms with Gasteiger partial charge >= 0.3 is 22.2 Å². The predicted octanol–water partition coefficient (Wildman–Crippen LogP) is 3.99. The second-order valence-corrected chi connectivity index (χ2v) is 12.5. The van der Waals surface area contributed by atoms with Crippen molar-refractivity contribution in [2.45, 2.75) is 24.7 Å². The topological polar surface area (TPSA) is 248 Å². The number of nitrogens with one attached hydrogen (secondary N) is 4. The summed E-state index contributed by atoms with van der Waals surface area (Å²) in [5.41, 5.74) is 2.15. The van der Waals surface area contributed by atoms with Gasteiger partial charge in [-0.2, -0.15) is 31.8 Å². The van der Waals surface area contributed by atoms with Crippen molar-refractivity contribution in [3.63, 3.8) is 0 Å². The lowest BCUT2D eigenvalue weighted by Gasteiger charge is -2.13. The van der Waals surface area contributed by atoms with Crippen LogP contribution >= 0.6 is 11.6 Å². The van der Waals surface area contributed by atoms with E-state index in [1.54, 1.807) is 43.3 Å². The maximum atomic E-state index is 12.6. The van der Waals surface area contributed by atoms with Crippen molar-refractivity contribution in [3.8, 4) is 5.75 Å². The molecule has 0 aliphatic rings. The molecule has 20 heteroatoms. The van der Waals surface area contributed by atoms with Gasteiger partial charge in [0, 0.05) is 17.1 Å². The van der Waals surface area contributed by atoms with E-state index in [0.29, 0.717) is 24.2 Å². The number of aromatic nitrogens is 3. The molecule has 3 aromatic carbocycles. The number of nitrogens with zero attached hydrogens (tertiary/aromatic N) is 3. The number of hydrogen-bond acceptors (Lipinski definition) is 13. The van der Waals surface area contributed by atoms with E-state index in [1.807, 2.05) is 0 Å².